The molecule has 1 aliphatic rings. The van der Waals surface area contributed by atoms with E-state index in [1.807, 2.05) is 0 Å². The van der Waals surface area contributed by atoms with Gasteiger partial charge in [-0.2, -0.15) is 13.1 Å². The zero-order valence-electron chi connectivity index (χ0n) is 16.8. The molecule has 164 valence electrons. The molecule has 7 nitrogen and oxygen atoms in total. The van der Waals surface area contributed by atoms with Crippen LogP contribution in [-0.4, -0.2) is 46.7 Å². The first-order chi connectivity index (χ1) is 14.3. The van der Waals surface area contributed by atoms with Crippen molar-refractivity contribution in [2.45, 2.75) is 36.9 Å². The fourth-order valence-corrected chi connectivity index (χ4v) is 4.76. The Morgan fingerprint density at radius 2 is 1.53 bits per heavy atom. The van der Waals surface area contributed by atoms with Crippen molar-refractivity contribution in [3.63, 3.8) is 0 Å². The molecule has 0 radical (unpaired) electrons. The molecule has 0 unspecified atom stereocenters. The number of hydrogen-bond donors (Lipinski definition) is 0. The first-order valence-electron chi connectivity index (χ1n) is 9.15. The van der Waals surface area contributed by atoms with Gasteiger partial charge in [-0.1, -0.05) is 6.07 Å². The van der Waals surface area contributed by atoms with Crippen LogP contribution in [0.4, 0.5) is 8.78 Å². The fourth-order valence-electron chi connectivity index (χ4n) is 3.07. The van der Waals surface area contributed by atoms with Crippen molar-refractivity contribution >= 4 is 10.0 Å². The summed E-state index contributed by atoms with van der Waals surface area (Å²) in [4.78, 5) is 0.0802. The molecule has 0 N–H and O–H groups in total. The predicted octanol–water partition coefficient (Wildman–Crippen LogP) is 3.67. The summed E-state index contributed by atoms with van der Waals surface area (Å²) in [6, 6.07) is 8.67. The fraction of sp³-hybridized carbons (Fsp3) is 0.400. The van der Waals surface area contributed by atoms with Crippen molar-refractivity contribution in [2.75, 3.05) is 21.3 Å². The highest BCUT2D eigenvalue weighted by Gasteiger charge is 2.38. The zero-order chi connectivity index (χ0) is 21.9. The number of benzene rings is 2. The van der Waals surface area contributed by atoms with E-state index >= 15 is 0 Å². The van der Waals surface area contributed by atoms with Crippen LogP contribution >= 0.6 is 0 Å². The van der Waals surface area contributed by atoms with Crippen molar-refractivity contribution in [1.29, 1.82) is 0 Å². The van der Waals surface area contributed by atoms with Gasteiger partial charge in [0.1, 0.15) is 0 Å². The third-order valence-electron chi connectivity index (χ3n) is 4.70. The summed E-state index contributed by atoms with van der Waals surface area (Å²) in [7, 11) is 0.396. The number of methoxy groups -OCH3 is 3. The standard InChI is InChI=1S/C20H23F2NO6S/c1-26-16-9-7-15(11-19(16)28-3)30(24,25)23(14-5-6-14)12-13-4-8-17(29-20(21)22)18(10-13)27-2/h4,7-11,14,20H,5-6,12H2,1-3H3. The normalized spacial score (nSPS) is 14.1. The molecule has 0 aromatic heterocycles. The largest absolute Gasteiger partial charge is 0.493 e. The SMILES string of the molecule is COc1ccc(S(=O)(=O)N(Cc2ccc(OC(F)F)c(OC)c2)C2CC2)cc1OC. The molecule has 0 saturated heterocycles. The van der Waals surface area contributed by atoms with Crippen molar-refractivity contribution in [3.8, 4) is 23.0 Å². The lowest BCUT2D eigenvalue weighted by Crippen LogP contribution is -2.32. The molecule has 0 aliphatic heterocycles. The first-order valence-corrected chi connectivity index (χ1v) is 10.6. The second-order valence-electron chi connectivity index (χ2n) is 6.66. The molecular formula is C20H23F2NO6S. The summed E-state index contributed by atoms with van der Waals surface area (Å²) < 4.78 is 73.1. The Kier molecular flexibility index (Phi) is 6.67. The second kappa shape index (κ2) is 9.05. The van der Waals surface area contributed by atoms with Crippen molar-refractivity contribution in [2.24, 2.45) is 0 Å². The minimum Gasteiger partial charge on any atom is -0.493 e. The van der Waals surface area contributed by atoms with Gasteiger partial charge in [-0.3, -0.25) is 0 Å². The summed E-state index contributed by atoms with van der Waals surface area (Å²) in [5.74, 6) is 0.724. The van der Waals surface area contributed by atoms with Gasteiger partial charge in [-0.25, -0.2) is 8.42 Å². The predicted molar refractivity (Wildman–Crippen MR) is 105 cm³/mol. The topological polar surface area (TPSA) is 74.3 Å². The number of sulfonamides is 1. The van der Waals surface area contributed by atoms with E-state index in [1.54, 1.807) is 6.07 Å². The molecule has 0 spiro atoms. The lowest BCUT2D eigenvalue weighted by Gasteiger charge is -2.23. The van der Waals surface area contributed by atoms with Crippen LogP contribution in [0.3, 0.4) is 0 Å². The highest BCUT2D eigenvalue weighted by molar-refractivity contribution is 7.89. The van der Waals surface area contributed by atoms with E-state index < -0.39 is 16.6 Å². The number of halogens is 2. The van der Waals surface area contributed by atoms with Gasteiger partial charge in [0.05, 0.1) is 26.2 Å². The molecule has 10 heteroatoms. The van der Waals surface area contributed by atoms with Gasteiger partial charge in [0.25, 0.3) is 0 Å². The first kappa shape index (κ1) is 22.1. The van der Waals surface area contributed by atoms with E-state index in [-0.39, 0.29) is 29.0 Å². The molecule has 0 bridgehead atoms. The average molecular weight is 443 g/mol. The van der Waals surface area contributed by atoms with Gasteiger partial charge in [0, 0.05) is 18.7 Å². The summed E-state index contributed by atoms with van der Waals surface area (Å²) in [5.41, 5.74) is 0.587. The quantitative estimate of drug-likeness (QED) is 0.558. The van der Waals surface area contributed by atoms with Gasteiger partial charge >= 0.3 is 6.61 Å². The smallest absolute Gasteiger partial charge is 0.387 e. The number of ether oxygens (including phenoxy) is 4. The van der Waals surface area contributed by atoms with E-state index in [2.05, 4.69) is 4.74 Å². The second-order valence-corrected chi connectivity index (χ2v) is 8.55. The number of nitrogens with zero attached hydrogens (tertiary/aromatic N) is 1. The third kappa shape index (κ3) is 4.76. The number of alkyl halides is 2. The zero-order valence-corrected chi connectivity index (χ0v) is 17.6. The maximum Gasteiger partial charge on any atom is 0.387 e. The number of rotatable bonds is 10. The molecule has 1 aliphatic carbocycles. The van der Waals surface area contributed by atoms with Crippen LogP contribution in [0.2, 0.25) is 0 Å². The van der Waals surface area contributed by atoms with Crippen LogP contribution in [0.25, 0.3) is 0 Å². The summed E-state index contributed by atoms with van der Waals surface area (Å²) >= 11 is 0. The number of hydrogen-bond acceptors (Lipinski definition) is 6. The highest BCUT2D eigenvalue weighted by atomic mass is 32.2. The van der Waals surface area contributed by atoms with Crippen molar-refractivity contribution < 1.29 is 36.1 Å². The van der Waals surface area contributed by atoms with E-state index in [0.717, 1.165) is 12.8 Å². The molecule has 3 rings (SSSR count). The minimum atomic E-state index is -3.84. The lowest BCUT2D eigenvalue weighted by atomic mass is 10.2. The molecule has 0 heterocycles. The molecule has 0 amide bonds. The van der Waals surface area contributed by atoms with Crippen LogP contribution in [0.1, 0.15) is 18.4 Å². The van der Waals surface area contributed by atoms with E-state index in [4.69, 9.17) is 14.2 Å². The third-order valence-corrected chi connectivity index (χ3v) is 6.59. The lowest BCUT2D eigenvalue weighted by molar-refractivity contribution is -0.0512. The maximum atomic E-state index is 13.3. The van der Waals surface area contributed by atoms with Gasteiger partial charge < -0.3 is 18.9 Å². The highest BCUT2D eigenvalue weighted by Crippen LogP contribution is 2.37. The Morgan fingerprint density at radius 3 is 2.10 bits per heavy atom. The Balaban J connectivity index is 1.91. The average Bonchev–Trinajstić information content (AvgIpc) is 3.56. The van der Waals surface area contributed by atoms with E-state index in [9.17, 15) is 17.2 Å². The van der Waals surface area contributed by atoms with Crippen LogP contribution in [0.5, 0.6) is 23.0 Å². The van der Waals surface area contributed by atoms with Gasteiger partial charge in [0.2, 0.25) is 10.0 Å². The Hall–Kier alpha value is -2.59. The summed E-state index contributed by atoms with van der Waals surface area (Å²) in [6.07, 6.45) is 1.49. The van der Waals surface area contributed by atoms with Crippen LogP contribution in [-0.2, 0) is 16.6 Å². The Labute approximate surface area is 174 Å². The molecular weight excluding hydrogens is 420 g/mol. The molecule has 1 fully saturated rings. The molecule has 2 aromatic rings. The van der Waals surface area contributed by atoms with Crippen molar-refractivity contribution in [3.05, 3.63) is 42.0 Å². The molecule has 30 heavy (non-hydrogen) atoms. The van der Waals surface area contributed by atoms with Crippen LogP contribution < -0.4 is 18.9 Å². The molecule has 2 aromatic carbocycles. The monoisotopic (exact) mass is 443 g/mol. The molecule has 1 saturated carbocycles. The maximum absolute atomic E-state index is 13.3. The van der Waals surface area contributed by atoms with Crippen molar-refractivity contribution in [1.82, 2.24) is 4.31 Å². The van der Waals surface area contributed by atoms with E-state index in [0.29, 0.717) is 17.1 Å². The Bertz CT molecular complexity index is 995. The summed E-state index contributed by atoms with van der Waals surface area (Å²) in [6.45, 7) is -2.93. The van der Waals surface area contributed by atoms with Crippen LogP contribution in [0, 0.1) is 0 Å². The van der Waals surface area contributed by atoms with Gasteiger partial charge in [-0.05, 0) is 42.7 Å². The van der Waals surface area contributed by atoms with Crippen LogP contribution in [0.15, 0.2) is 41.3 Å². The van der Waals surface area contributed by atoms with Gasteiger partial charge in [-0.15, -0.1) is 0 Å². The minimum absolute atomic E-state index is 0.0622. The van der Waals surface area contributed by atoms with E-state index in [1.165, 1.54) is 56.0 Å². The summed E-state index contributed by atoms with van der Waals surface area (Å²) in [5, 5.41) is 0. The van der Waals surface area contributed by atoms with Gasteiger partial charge in [0.15, 0.2) is 23.0 Å². The Morgan fingerprint density at radius 1 is 0.933 bits per heavy atom. The molecule has 0 atom stereocenters.